The highest BCUT2D eigenvalue weighted by atomic mass is 19.1. The van der Waals surface area contributed by atoms with E-state index < -0.39 is 5.67 Å². The lowest BCUT2D eigenvalue weighted by atomic mass is 9.75. The van der Waals surface area contributed by atoms with Gasteiger partial charge in [0.1, 0.15) is 0 Å². The van der Waals surface area contributed by atoms with Crippen molar-refractivity contribution < 1.29 is 18.7 Å². The molecule has 0 N–H and O–H groups in total. The minimum atomic E-state index is -1.62. The Bertz CT molecular complexity index is 813. The van der Waals surface area contributed by atoms with Crippen molar-refractivity contribution in [3.8, 4) is 0 Å². The molecule has 1 aromatic carbocycles. The van der Waals surface area contributed by atoms with Crippen LogP contribution in [0.1, 0.15) is 61.7 Å². The van der Waals surface area contributed by atoms with Gasteiger partial charge in [-0.05, 0) is 74.8 Å². The lowest BCUT2D eigenvalue weighted by Gasteiger charge is -2.43. The van der Waals surface area contributed by atoms with E-state index in [4.69, 9.17) is 4.74 Å². The number of nitrogens with zero attached hydrogens (tertiary/aromatic N) is 2. The van der Waals surface area contributed by atoms with E-state index in [9.17, 15) is 14.0 Å². The van der Waals surface area contributed by atoms with Gasteiger partial charge in [0.15, 0.2) is 5.67 Å². The van der Waals surface area contributed by atoms with E-state index in [1.807, 2.05) is 35.2 Å². The van der Waals surface area contributed by atoms with Crippen LogP contribution in [0.15, 0.2) is 30.3 Å². The molecular weight excluding hydrogens is 395 g/mol. The third kappa shape index (κ3) is 4.23. The standard InChI is InChI=1S/C25H33FN2O3/c26-25(9-4-10-25)23(30)27-13-11-24(12-14-27)15-21(17-31-16-19-7-8-19)28(18-24)22(29)20-5-2-1-3-6-20/h1-3,5-6,19,21H,4,7-18H2/t21-/m0/s1. The summed E-state index contributed by atoms with van der Waals surface area (Å²) < 4.78 is 20.6. The molecule has 0 radical (unpaired) electrons. The number of hydrogen-bond donors (Lipinski definition) is 0. The molecular formula is C25H33FN2O3. The first-order chi connectivity index (χ1) is 15.0. The largest absolute Gasteiger partial charge is 0.379 e. The molecule has 4 aliphatic rings. The van der Waals surface area contributed by atoms with Crippen molar-refractivity contribution in [3.05, 3.63) is 35.9 Å². The molecule has 2 saturated heterocycles. The van der Waals surface area contributed by atoms with Crippen LogP contribution in [0.5, 0.6) is 0 Å². The summed E-state index contributed by atoms with van der Waals surface area (Å²) in [6, 6.07) is 9.52. The number of amides is 2. The van der Waals surface area contributed by atoms with Crippen LogP contribution >= 0.6 is 0 Å². The van der Waals surface area contributed by atoms with Crippen LogP contribution in [-0.4, -0.2) is 66.2 Å². The second-order valence-electron chi connectivity index (χ2n) is 10.2. The first-order valence-corrected chi connectivity index (χ1v) is 11.9. The molecule has 2 aliphatic heterocycles. The van der Waals surface area contributed by atoms with Gasteiger partial charge in [-0.25, -0.2) is 4.39 Å². The van der Waals surface area contributed by atoms with E-state index in [1.165, 1.54) is 12.8 Å². The third-order valence-corrected chi connectivity index (χ3v) is 7.90. The Kier molecular flexibility index (Phi) is 5.53. The monoisotopic (exact) mass is 428 g/mol. The molecule has 1 aromatic rings. The minimum absolute atomic E-state index is 0.00207. The van der Waals surface area contributed by atoms with Crippen molar-refractivity contribution in [1.82, 2.24) is 9.80 Å². The molecule has 2 aliphatic carbocycles. The zero-order valence-electron chi connectivity index (χ0n) is 18.2. The van der Waals surface area contributed by atoms with Crippen LogP contribution in [0.4, 0.5) is 4.39 Å². The maximum atomic E-state index is 14.6. The zero-order valence-corrected chi connectivity index (χ0v) is 18.2. The Morgan fingerprint density at radius 2 is 1.74 bits per heavy atom. The molecule has 0 bridgehead atoms. The Morgan fingerprint density at radius 3 is 2.35 bits per heavy atom. The summed E-state index contributed by atoms with van der Waals surface area (Å²) in [4.78, 5) is 29.6. The lowest BCUT2D eigenvalue weighted by Crippen LogP contribution is -2.54. The second kappa shape index (κ2) is 8.19. The third-order valence-electron chi connectivity index (χ3n) is 7.90. The molecule has 2 amide bonds. The first kappa shape index (κ1) is 20.9. The zero-order chi connectivity index (χ0) is 21.5. The van der Waals surface area contributed by atoms with Crippen LogP contribution in [0.2, 0.25) is 0 Å². The van der Waals surface area contributed by atoms with E-state index >= 15 is 0 Å². The number of rotatable bonds is 6. The van der Waals surface area contributed by atoms with Gasteiger partial charge in [0.25, 0.3) is 11.8 Å². The van der Waals surface area contributed by atoms with E-state index in [2.05, 4.69) is 0 Å². The number of piperidine rings is 1. The van der Waals surface area contributed by atoms with Crippen LogP contribution in [0.3, 0.4) is 0 Å². The predicted molar refractivity (Wildman–Crippen MR) is 115 cm³/mol. The summed E-state index contributed by atoms with van der Waals surface area (Å²) in [6.07, 6.45) is 6.60. The molecule has 1 atom stereocenters. The van der Waals surface area contributed by atoms with E-state index in [0.29, 0.717) is 50.6 Å². The number of ether oxygens (including phenoxy) is 1. The highest BCUT2D eigenvalue weighted by molar-refractivity contribution is 5.94. The number of halogens is 1. The van der Waals surface area contributed by atoms with Gasteiger partial charge in [-0.2, -0.15) is 0 Å². The molecule has 2 saturated carbocycles. The number of carbonyl (C=O) groups excluding carboxylic acids is 2. The summed E-state index contributed by atoms with van der Waals surface area (Å²) in [5, 5.41) is 0. The molecule has 0 aromatic heterocycles. The first-order valence-electron chi connectivity index (χ1n) is 11.9. The Morgan fingerprint density at radius 1 is 1.03 bits per heavy atom. The van der Waals surface area contributed by atoms with Crippen molar-refractivity contribution in [2.75, 3.05) is 32.8 Å². The fourth-order valence-electron chi connectivity index (χ4n) is 5.48. The summed E-state index contributed by atoms with van der Waals surface area (Å²) in [5.74, 6) is 0.448. The van der Waals surface area contributed by atoms with Gasteiger partial charge in [-0.1, -0.05) is 18.2 Å². The number of alkyl halides is 1. The fourth-order valence-corrected chi connectivity index (χ4v) is 5.48. The van der Waals surface area contributed by atoms with Gasteiger partial charge < -0.3 is 14.5 Å². The van der Waals surface area contributed by atoms with Crippen LogP contribution < -0.4 is 0 Å². The van der Waals surface area contributed by atoms with Crippen LogP contribution in [0.25, 0.3) is 0 Å². The SMILES string of the molecule is O=C(c1ccccc1)N1CC2(CCN(C(=O)C3(F)CCC3)CC2)C[C@H]1COCC1CC1. The number of carbonyl (C=O) groups is 2. The molecule has 5 nitrogen and oxygen atoms in total. The number of benzene rings is 1. The second-order valence-corrected chi connectivity index (χ2v) is 10.2. The van der Waals surface area contributed by atoms with Crippen LogP contribution in [-0.2, 0) is 9.53 Å². The smallest absolute Gasteiger partial charge is 0.260 e. The van der Waals surface area contributed by atoms with Gasteiger partial charge in [-0.3, -0.25) is 9.59 Å². The summed E-state index contributed by atoms with van der Waals surface area (Å²) in [6.45, 7) is 3.24. The van der Waals surface area contributed by atoms with Crippen molar-refractivity contribution in [2.45, 2.75) is 63.1 Å². The molecule has 6 heteroatoms. The fraction of sp³-hybridized carbons (Fsp3) is 0.680. The molecule has 1 spiro atoms. The average molecular weight is 429 g/mol. The van der Waals surface area contributed by atoms with Crippen molar-refractivity contribution in [3.63, 3.8) is 0 Å². The van der Waals surface area contributed by atoms with Gasteiger partial charge in [-0.15, -0.1) is 0 Å². The van der Waals surface area contributed by atoms with Gasteiger partial charge in [0.05, 0.1) is 12.6 Å². The van der Waals surface area contributed by atoms with Crippen molar-refractivity contribution in [1.29, 1.82) is 0 Å². The Hall–Kier alpha value is -1.95. The highest BCUT2D eigenvalue weighted by Gasteiger charge is 2.51. The van der Waals surface area contributed by atoms with Crippen LogP contribution in [0, 0.1) is 11.3 Å². The Balaban J connectivity index is 1.26. The molecule has 2 heterocycles. The van der Waals surface area contributed by atoms with Gasteiger partial charge >= 0.3 is 0 Å². The molecule has 4 fully saturated rings. The molecule has 31 heavy (non-hydrogen) atoms. The maximum Gasteiger partial charge on any atom is 0.260 e. The van der Waals surface area contributed by atoms with Gasteiger partial charge in [0, 0.05) is 31.8 Å². The number of hydrogen-bond acceptors (Lipinski definition) is 3. The topological polar surface area (TPSA) is 49.9 Å². The van der Waals surface area contributed by atoms with E-state index in [1.54, 1.807) is 4.90 Å². The van der Waals surface area contributed by atoms with Crippen molar-refractivity contribution >= 4 is 11.8 Å². The lowest BCUT2D eigenvalue weighted by molar-refractivity contribution is -0.152. The molecule has 5 rings (SSSR count). The minimum Gasteiger partial charge on any atom is -0.379 e. The average Bonchev–Trinajstić information content (AvgIpc) is 3.53. The van der Waals surface area contributed by atoms with E-state index in [-0.39, 0.29) is 23.3 Å². The summed E-state index contributed by atoms with van der Waals surface area (Å²) >= 11 is 0. The molecule has 0 unspecified atom stereocenters. The van der Waals surface area contributed by atoms with Gasteiger partial charge in [0.2, 0.25) is 0 Å². The van der Waals surface area contributed by atoms with Crippen molar-refractivity contribution in [2.24, 2.45) is 11.3 Å². The van der Waals surface area contributed by atoms with E-state index in [0.717, 1.165) is 32.3 Å². The normalized spacial score (nSPS) is 26.7. The number of likely N-dealkylation sites (tertiary alicyclic amines) is 2. The predicted octanol–water partition coefficient (Wildman–Crippen LogP) is 3.83. The summed E-state index contributed by atoms with van der Waals surface area (Å²) in [5.41, 5.74) is -0.907. The molecule has 168 valence electrons. The quantitative estimate of drug-likeness (QED) is 0.692. The maximum absolute atomic E-state index is 14.6. The highest BCUT2D eigenvalue weighted by Crippen LogP contribution is 2.45. The summed E-state index contributed by atoms with van der Waals surface area (Å²) in [7, 11) is 0. The Labute approximate surface area is 183 Å².